The van der Waals surface area contributed by atoms with Crippen molar-refractivity contribution in [2.24, 2.45) is 0 Å². The van der Waals surface area contributed by atoms with E-state index in [1.165, 1.54) is 24.9 Å². The molecule has 0 amide bonds. The van der Waals surface area contributed by atoms with Crippen LogP contribution in [0.5, 0.6) is 0 Å². The van der Waals surface area contributed by atoms with Gasteiger partial charge in [0.05, 0.1) is 0 Å². The third kappa shape index (κ3) is 3.95. The maximum atomic E-state index is 5.73. The Morgan fingerprint density at radius 3 is 2.90 bits per heavy atom. The van der Waals surface area contributed by atoms with Crippen molar-refractivity contribution in [3.05, 3.63) is 54.2 Å². The predicted octanol–water partition coefficient (Wildman–Crippen LogP) is 2.74. The minimum atomic E-state index is 0.476. The summed E-state index contributed by atoms with van der Waals surface area (Å²) in [5, 5.41) is 3.58. The summed E-state index contributed by atoms with van der Waals surface area (Å²) in [5.41, 5.74) is 8.18. The summed E-state index contributed by atoms with van der Waals surface area (Å²) in [5.74, 6) is 0.567. The minimum absolute atomic E-state index is 0.476. The molecule has 3 rings (SSSR count). The molecule has 0 radical (unpaired) electrons. The van der Waals surface area contributed by atoms with Crippen LogP contribution >= 0.6 is 0 Å². The second-order valence-electron chi connectivity index (χ2n) is 5.67. The summed E-state index contributed by atoms with van der Waals surface area (Å²) in [4.78, 5) is 6.55. The van der Waals surface area contributed by atoms with Crippen molar-refractivity contribution in [1.29, 1.82) is 0 Å². The van der Waals surface area contributed by atoms with Gasteiger partial charge in [-0.3, -0.25) is 4.90 Å². The van der Waals surface area contributed by atoms with E-state index in [1.807, 2.05) is 12.1 Å². The molecule has 0 aliphatic carbocycles. The van der Waals surface area contributed by atoms with Crippen molar-refractivity contribution in [2.45, 2.75) is 25.4 Å². The number of aromatic nitrogens is 1. The maximum Gasteiger partial charge on any atom is 0.125 e. The molecular formula is C17H22N4. The molecule has 110 valence electrons. The summed E-state index contributed by atoms with van der Waals surface area (Å²) >= 11 is 0. The SMILES string of the molecule is Nc1cc(NC2CCCN(Cc3ccccc3)C2)ccn1. The molecule has 1 aliphatic rings. The third-order valence-electron chi connectivity index (χ3n) is 3.91. The van der Waals surface area contributed by atoms with E-state index in [9.17, 15) is 0 Å². The molecule has 1 fully saturated rings. The molecule has 1 aliphatic heterocycles. The number of nitrogens with zero attached hydrogens (tertiary/aromatic N) is 2. The lowest BCUT2D eigenvalue weighted by molar-refractivity contribution is 0.208. The number of piperidine rings is 1. The van der Waals surface area contributed by atoms with Crippen molar-refractivity contribution < 1.29 is 0 Å². The number of nitrogens with two attached hydrogens (primary N) is 1. The molecule has 4 nitrogen and oxygen atoms in total. The van der Waals surface area contributed by atoms with Crippen LogP contribution in [0.4, 0.5) is 11.5 Å². The number of hydrogen-bond donors (Lipinski definition) is 2. The first-order valence-electron chi connectivity index (χ1n) is 7.54. The average Bonchev–Trinajstić information content (AvgIpc) is 2.49. The molecule has 0 spiro atoms. The van der Waals surface area contributed by atoms with Gasteiger partial charge in [0.15, 0.2) is 0 Å². The van der Waals surface area contributed by atoms with Gasteiger partial charge in [-0.2, -0.15) is 0 Å². The van der Waals surface area contributed by atoms with E-state index in [0.717, 1.165) is 18.8 Å². The molecule has 3 N–H and O–H groups in total. The van der Waals surface area contributed by atoms with Gasteiger partial charge in [0.1, 0.15) is 5.82 Å². The Morgan fingerprint density at radius 2 is 2.10 bits per heavy atom. The molecule has 1 saturated heterocycles. The molecular weight excluding hydrogens is 260 g/mol. The van der Waals surface area contributed by atoms with Gasteiger partial charge < -0.3 is 11.1 Å². The molecule has 2 aromatic rings. The van der Waals surface area contributed by atoms with Crippen molar-refractivity contribution >= 4 is 11.5 Å². The summed E-state index contributed by atoms with van der Waals surface area (Å²) < 4.78 is 0. The molecule has 1 aromatic carbocycles. The zero-order chi connectivity index (χ0) is 14.5. The Bertz CT molecular complexity index is 570. The third-order valence-corrected chi connectivity index (χ3v) is 3.91. The van der Waals surface area contributed by atoms with Gasteiger partial charge in [0.2, 0.25) is 0 Å². The second kappa shape index (κ2) is 6.59. The molecule has 1 atom stereocenters. The second-order valence-corrected chi connectivity index (χ2v) is 5.67. The molecule has 1 unspecified atom stereocenters. The van der Waals surface area contributed by atoms with E-state index in [4.69, 9.17) is 5.73 Å². The zero-order valence-electron chi connectivity index (χ0n) is 12.2. The van der Waals surface area contributed by atoms with Crippen LogP contribution in [-0.2, 0) is 6.54 Å². The first kappa shape index (κ1) is 13.9. The Kier molecular flexibility index (Phi) is 4.36. The van der Waals surface area contributed by atoms with Crippen LogP contribution in [0.15, 0.2) is 48.7 Å². The molecule has 0 bridgehead atoms. The van der Waals surface area contributed by atoms with Gasteiger partial charge in [-0.15, -0.1) is 0 Å². The Morgan fingerprint density at radius 1 is 1.24 bits per heavy atom. The summed E-state index contributed by atoms with van der Waals surface area (Å²) in [7, 11) is 0. The Hall–Kier alpha value is -2.07. The fourth-order valence-corrected chi connectivity index (χ4v) is 2.93. The number of hydrogen-bond acceptors (Lipinski definition) is 4. The van der Waals surface area contributed by atoms with Crippen LogP contribution in [0, 0.1) is 0 Å². The fourth-order valence-electron chi connectivity index (χ4n) is 2.93. The number of rotatable bonds is 4. The summed E-state index contributed by atoms with van der Waals surface area (Å²) in [6.45, 7) is 3.26. The lowest BCUT2D eigenvalue weighted by Gasteiger charge is -2.33. The fraction of sp³-hybridized carbons (Fsp3) is 0.353. The lowest BCUT2D eigenvalue weighted by atomic mass is 10.0. The summed E-state index contributed by atoms with van der Waals surface area (Å²) in [6, 6.07) is 15.0. The van der Waals surface area contributed by atoms with E-state index < -0.39 is 0 Å². The van der Waals surface area contributed by atoms with Crippen LogP contribution < -0.4 is 11.1 Å². The van der Waals surface area contributed by atoms with E-state index in [2.05, 4.69) is 45.5 Å². The summed E-state index contributed by atoms with van der Waals surface area (Å²) in [6.07, 6.45) is 4.18. The smallest absolute Gasteiger partial charge is 0.125 e. The standard InChI is InChI=1S/C17H22N4/c18-17-11-15(8-9-19-17)20-16-7-4-10-21(13-16)12-14-5-2-1-3-6-14/h1-3,5-6,8-9,11,16H,4,7,10,12-13H2,(H3,18,19,20). The van der Waals surface area contributed by atoms with Gasteiger partial charge in [0, 0.05) is 37.1 Å². The van der Waals surface area contributed by atoms with Gasteiger partial charge in [-0.05, 0) is 31.0 Å². The number of likely N-dealkylation sites (tertiary alicyclic amines) is 1. The highest BCUT2D eigenvalue weighted by atomic mass is 15.2. The predicted molar refractivity (Wildman–Crippen MR) is 87.0 cm³/mol. The van der Waals surface area contributed by atoms with Crippen LogP contribution in [0.2, 0.25) is 0 Å². The Balaban J connectivity index is 1.58. The van der Waals surface area contributed by atoms with Gasteiger partial charge in [0.25, 0.3) is 0 Å². The minimum Gasteiger partial charge on any atom is -0.384 e. The number of benzene rings is 1. The van der Waals surface area contributed by atoms with E-state index in [-0.39, 0.29) is 0 Å². The molecule has 21 heavy (non-hydrogen) atoms. The van der Waals surface area contributed by atoms with Gasteiger partial charge in [-0.1, -0.05) is 30.3 Å². The molecule has 2 heterocycles. The number of nitrogen functional groups attached to an aromatic ring is 1. The van der Waals surface area contributed by atoms with Crippen molar-refractivity contribution in [3.8, 4) is 0 Å². The zero-order valence-corrected chi connectivity index (χ0v) is 12.2. The van der Waals surface area contributed by atoms with Gasteiger partial charge in [-0.25, -0.2) is 4.98 Å². The van der Waals surface area contributed by atoms with E-state index in [0.29, 0.717) is 11.9 Å². The van der Waals surface area contributed by atoms with E-state index >= 15 is 0 Å². The quantitative estimate of drug-likeness (QED) is 0.905. The number of pyridine rings is 1. The topological polar surface area (TPSA) is 54.2 Å². The number of nitrogens with one attached hydrogen (secondary N) is 1. The van der Waals surface area contributed by atoms with Crippen LogP contribution in [0.1, 0.15) is 18.4 Å². The highest BCUT2D eigenvalue weighted by Gasteiger charge is 2.19. The largest absolute Gasteiger partial charge is 0.384 e. The monoisotopic (exact) mass is 282 g/mol. The van der Waals surface area contributed by atoms with Crippen molar-refractivity contribution in [2.75, 3.05) is 24.1 Å². The van der Waals surface area contributed by atoms with Crippen LogP contribution in [0.25, 0.3) is 0 Å². The van der Waals surface area contributed by atoms with E-state index in [1.54, 1.807) is 6.20 Å². The van der Waals surface area contributed by atoms with Crippen LogP contribution in [0.3, 0.4) is 0 Å². The maximum absolute atomic E-state index is 5.73. The average molecular weight is 282 g/mol. The highest BCUT2D eigenvalue weighted by molar-refractivity contribution is 5.50. The highest BCUT2D eigenvalue weighted by Crippen LogP contribution is 2.18. The Labute approximate surface area is 126 Å². The first-order valence-corrected chi connectivity index (χ1v) is 7.54. The molecule has 1 aromatic heterocycles. The lowest BCUT2D eigenvalue weighted by Crippen LogP contribution is -2.41. The molecule has 4 heteroatoms. The number of anilines is 2. The van der Waals surface area contributed by atoms with Crippen molar-refractivity contribution in [1.82, 2.24) is 9.88 Å². The molecule has 0 saturated carbocycles. The normalized spacial score (nSPS) is 19.3. The first-order chi connectivity index (χ1) is 10.3. The van der Waals surface area contributed by atoms with Crippen LogP contribution in [-0.4, -0.2) is 29.0 Å². The van der Waals surface area contributed by atoms with Crippen molar-refractivity contribution in [3.63, 3.8) is 0 Å². The van der Waals surface area contributed by atoms with Gasteiger partial charge >= 0.3 is 0 Å².